The van der Waals surface area contributed by atoms with Crippen LogP contribution in [0.3, 0.4) is 0 Å². The highest BCUT2D eigenvalue weighted by Gasteiger charge is 2.20. The molecule has 2 N–H and O–H groups in total. The molecule has 0 spiro atoms. The number of hydrogen-bond acceptors (Lipinski definition) is 5. The minimum absolute atomic E-state index is 0.0826. The van der Waals surface area contributed by atoms with Crippen LogP contribution in [0.15, 0.2) is 12.1 Å². The highest BCUT2D eigenvalue weighted by molar-refractivity contribution is 5.96. The summed E-state index contributed by atoms with van der Waals surface area (Å²) in [6.45, 7) is 7.13. The molecule has 1 heterocycles. The molecule has 0 radical (unpaired) electrons. The summed E-state index contributed by atoms with van der Waals surface area (Å²) in [7, 11) is 0. The van der Waals surface area contributed by atoms with E-state index in [0.29, 0.717) is 6.54 Å². The largest absolute Gasteiger partial charge is 0.456 e. The Morgan fingerprint density at radius 1 is 1.35 bits per heavy atom. The van der Waals surface area contributed by atoms with Gasteiger partial charge in [-0.3, -0.25) is 4.79 Å². The molecule has 0 saturated carbocycles. The number of aliphatic hydroxyl groups excluding tert-OH is 1. The lowest BCUT2D eigenvalue weighted by molar-refractivity contribution is 0.00691. The lowest BCUT2D eigenvalue weighted by Crippen LogP contribution is -2.26. The molecule has 1 rings (SSSR count). The van der Waals surface area contributed by atoms with Gasteiger partial charge in [0.25, 0.3) is 5.91 Å². The van der Waals surface area contributed by atoms with E-state index in [2.05, 4.69) is 10.3 Å². The first kappa shape index (κ1) is 16.1. The van der Waals surface area contributed by atoms with E-state index in [9.17, 15) is 9.59 Å². The zero-order chi connectivity index (χ0) is 15.3. The average molecular weight is 280 g/mol. The molecule has 0 aromatic carbocycles. The number of rotatable bonds is 4. The van der Waals surface area contributed by atoms with Crippen LogP contribution in [0.2, 0.25) is 0 Å². The summed E-state index contributed by atoms with van der Waals surface area (Å²) < 4.78 is 5.24. The Morgan fingerprint density at radius 3 is 2.50 bits per heavy atom. The molecule has 1 amide bonds. The van der Waals surface area contributed by atoms with Crippen molar-refractivity contribution in [1.29, 1.82) is 0 Å². The van der Waals surface area contributed by atoms with Crippen molar-refractivity contribution in [2.45, 2.75) is 39.9 Å². The summed E-state index contributed by atoms with van der Waals surface area (Å²) >= 11 is 0. The summed E-state index contributed by atoms with van der Waals surface area (Å²) in [5.41, 5.74) is -0.111. The van der Waals surface area contributed by atoms with E-state index in [1.807, 2.05) is 0 Å². The van der Waals surface area contributed by atoms with Crippen molar-refractivity contribution < 1.29 is 19.4 Å². The molecule has 6 nitrogen and oxygen atoms in total. The Balaban J connectivity index is 3.10. The van der Waals surface area contributed by atoms with Gasteiger partial charge in [0.1, 0.15) is 11.3 Å². The Kier molecular flexibility index (Phi) is 5.21. The molecule has 0 aliphatic heterocycles. The maximum absolute atomic E-state index is 12.0. The number of amides is 1. The Bertz CT molecular complexity index is 506. The fourth-order valence-electron chi connectivity index (χ4n) is 1.49. The van der Waals surface area contributed by atoms with Crippen LogP contribution in [-0.4, -0.2) is 34.1 Å². The fourth-order valence-corrected chi connectivity index (χ4v) is 1.49. The molecular weight excluding hydrogens is 260 g/mol. The van der Waals surface area contributed by atoms with Gasteiger partial charge in [-0.05, 0) is 39.8 Å². The molecule has 6 heteroatoms. The zero-order valence-corrected chi connectivity index (χ0v) is 12.2. The smallest absolute Gasteiger partial charge is 0.338 e. The number of carbonyl (C=O) groups is 2. The van der Waals surface area contributed by atoms with Crippen molar-refractivity contribution in [3.05, 3.63) is 29.1 Å². The predicted molar refractivity (Wildman–Crippen MR) is 73.3 cm³/mol. The molecule has 110 valence electrons. The van der Waals surface area contributed by atoms with E-state index in [1.165, 1.54) is 12.1 Å². The second-order valence-electron chi connectivity index (χ2n) is 5.25. The third-order valence-electron chi connectivity index (χ3n) is 2.24. The lowest BCUT2D eigenvalue weighted by Gasteiger charge is -2.19. The molecule has 0 unspecified atom stereocenters. The van der Waals surface area contributed by atoms with E-state index in [1.54, 1.807) is 27.7 Å². The number of carbonyl (C=O) groups excluding carboxylic acids is 2. The predicted octanol–water partition coefficient (Wildman–Crippen LogP) is 1.28. The molecule has 0 aliphatic carbocycles. The van der Waals surface area contributed by atoms with Crippen LogP contribution in [0.5, 0.6) is 0 Å². The van der Waals surface area contributed by atoms with E-state index in [-0.39, 0.29) is 23.6 Å². The SMILES string of the molecule is CCNC(=O)c1cc(C(=O)OC(C)(C)C)cc(CO)n1. The van der Waals surface area contributed by atoms with Gasteiger partial charge < -0.3 is 15.2 Å². The summed E-state index contributed by atoms with van der Waals surface area (Å²) in [5, 5.41) is 11.8. The fraction of sp³-hybridized carbons (Fsp3) is 0.500. The number of esters is 1. The van der Waals surface area contributed by atoms with Crippen molar-refractivity contribution in [2.75, 3.05) is 6.54 Å². The molecule has 0 atom stereocenters. The molecule has 20 heavy (non-hydrogen) atoms. The minimum Gasteiger partial charge on any atom is -0.456 e. The van der Waals surface area contributed by atoms with Crippen LogP contribution in [0.1, 0.15) is 54.2 Å². The van der Waals surface area contributed by atoms with Crippen molar-refractivity contribution in [2.24, 2.45) is 0 Å². The van der Waals surface area contributed by atoms with Crippen molar-refractivity contribution >= 4 is 11.9 Å². The summed E-state index contributed by atoms with van der Waals surface area (Å²) in [4.78, 5) is 27.7. The Morgan fingerprint density at radius 2 is 2.00 bits per heavy atom. The molecule has 0 fully saturated rings. The first-order chi connectivity index (χ1) is 9.26. The van der Waals surface area contributed by atoms with Gasteiger partial charge in [-0.15, -0.1) is 0 Å². The normalized spacial score (nSPS) is 11.1. The maximum Gasteiger partial charge on any atom is 0.338 e. The number of aliphatic hydroxyl groups is 1. The first-order valence-corrected chi connectivity index (χ1v) is 6.40. The number of hydrogen-bond donors (Lipinski definition) is 2. The number of nitrogens with one attached hydrogen (secondary N) is 1. The van der Waals surface area contributed by atoms with E-state index in [4.69, 9.17) is 9.84 Å². The minimum atomic E-state index is -0.633. The van der Waals surface area contributed by atoms with E-state index in [0.717, 1.165) is 0 Å². The number of nitrogens with zero attached hydrogens (tertiary/aromatic N) is 1. The van der Waals surface area contributed by atoms with Crippen molar-refractivity contribution in [3.8, 4) is 0 Å². The van der Waals surface area contributed by atoms with Crippen molar-refractivity contribution in [1.82, 2.24) is 10.3 Å². The van der Waals surface area contributed by atoms with Crippen LogP contribution in [0.4, 0.5) is 0 Å². The van der Waals surface area contributed by atoms with Gasteiger partial charge in [-0.2, -0.15) is 0 Å². The zero-order valence-electron chi connectivity index (χ0n) is 12.2. The molecule has 0 bridgehead atoms. The van der Waals surface area contributed by atoms with E-state index < -0.39 is 17.5 Å². The van der Waals surface area contributed by atoms with Crippen LogP contribution in [-0.2, 0) is 11.3 Å². The molecular formula is C14H20N2O4. The molecule has 1 aromatic rings. The first-order valence-electron chi connectivity index (χ1n) is 6.40. The summed E-state index contributed by atoms with van der Waals surface area (Å²) in [6.07, 6.45) is 0. The Labute approximate surface area is 118 Å². The number of pyridine rings is 1. The lowest BCUT2D eigenvalue weighted by atomic mass is 10.1. The second kappa shape index (κ2) is 6.47. The van der Waals surface area contributed by atoms with Crippen LogP contribution in [0.25, 0.3) is 0 Å². The van der Waals surface area contributed by atoms with Gasteiger partial charge in [0.05, 0.1) is 17.9 Å². The van der Waals surface area contributed by atoms with E-state index >= 15 is 0 Å². The number of aromatic nitrogens is 1. The van der Waals surface area contributed by atoms with Gasteiger partial charge in [0, 0.05) is 6.54 Å². The molecule has 1 aromatic heterocycles. The summed E-state index contributed by atoms with van der Waals surface area (Å²) in [5.74, 6) is -0.951. The molecule has 0 aliphatic rings. The van der Waals surface area contributed by atoms with Gasteiger partial charge in [0.2, 0.25) is 0 Å². The standard InChI is InChI=1S/C14H20N2O4/c1-5-15-12(18)11-7-9(6-10(8-17)16-11)13(19)20-14(2,3)4/h6-7,17H,5,8H2,1-4H3,(H,15,18). The second-order valence-corrected chi connectivity index (χ2v) is 5.25. The highest BCUT2D eigenvalue weighted by atomic mass is 16.6. The average Bonchev–Trinajstić information content (AvgIpc) is 2.36. The number of ether oxygens (including phenoxy) is 1. The van der Waals surface area contributed by atoms with Crippen LogP contribution < -0.4 is 5.32 Å². The topological polar surface area (TPSA) is 88.5 Å². The van der Waals surface area contributed by atoms with Crippen molar-refractivity contribution in [3.63, 3.8) is 0 Å². The van der Waals surface area contributed by atoms with Crippen LogP contribution in [0, 0.1) is 0 Å². The van der Waals surface area contributed by atoms with Crippen LogP contribution >= 0.6 is 0 Å². The maximum atomic E-state index is 12.0. The van der Waals surface area contributed by atoms with Gasteiger partial charge in [-0.25, -0.2) is 9.78 Å². The third-order valence-corrected chi connectivity index (χ3v) is 2.24. The third kappa shape index (κ3) is 4.62. The molecule has 0 saturated heterocycles. The Hall–Kier alpha value is -1.95. The summed E-state index contributed by atoms with van der Waals surface area (Å²) in [6, 6.07) is 2.77. The van der Waals surface area contributed by atoms with Gasteiger partial charge in [-0.1, -0.05) is 0 Å². The van der Waals surface area contributed by atoms with Gasteiger partial charge >= 0.3 is 5.97 Å². The van der Waals surface area contributed by atoms with Gasteiger partial charge in [0.15, 0.2) is 0 Å². The monoisotopic (exact) mass is 280 g/mol. The quantitative estimate of drug-likeness (QED) is 0.811. The highest BCUT2D eigenvalue weighted by Crippen LogP contribution is 2.14.